The molecule has 0 aliphatic rings. The van der Waals surface area contributed by atoms with Crippen LogP contribution in [0.1, 0.15) is 19.5 Å². The summed E-state index contributed by atoms with van der Waals surface area (Å²) in [5.74, 6) is -0.450. The Morgan fingerprint density at radius 1 is 1.17 bits per heavy atom. The minimum absolute atomic E-state index is 0.191. The molecule has 4 N–H and O–H groups in total. The van der Waals surface area contributed by atoms with Crippen LogP contribution < -0.4 is 16.4 Å². The summed E-state index contributed by atoms with van der Waals surface area (Å²) in [5.41, 5.74) is 6.36. The predicted molar refractivity (Wildman–Crippen MR) is 91.6 cm³/mol. The Balaban J connectivity index is 1.76. The maximum atomic E-state index is 11.7. The van der Waals surface area contributed by atoms with Gasteiger partial charge in [-0.1, -0.05) is 18.2 Å². The molecule has 0 aliphatic heterocycles. The fourth-order valence-electron chi connectivity index (χ4n) is 1.97. The topological polar surface area (TPSA) is 102 Å². The van der Waals surface area contributed by atoms with E-state index in [4.69, 9.17) is 5.73 Å². The van der Waals surface area contributed by atoms with Gasteiger partial charge in [-0.15, -0.1) is 0 Å². The Bertz CT molecular complexity index is 694. The average Bonchev–Trinajstić information content (AvgIpc) is 3.03. The summed E-state index contributed by atoms with van der Waals surface area (Å²) in [6, 6.07) is 11.4. The molecule has 3 amide bonds. The van der Waals surface area contributed by atoms with E-state index >= 15 is 0 Å². The lowest BCUT2D eigenvalue weighted by Crippen LogP contribution is -2.46. The van der Waals surface area contributed by atoms with Crippen LogP contribution in [0.25, 0.3) is 5.69 Å². The summed E-state index contributed by atoms with van der Waals surface area (Å²) in [7, 11) is 0. The number of amides is 3. The SMILES string of the molecule is CC(C)(CNC(=O)NCCc1ccn(-c2ccccc2)n1)C(N)=O. The molecule has 0 fully saturated rings. The fraction of sp³-hybridized carbons (Fsp3) is 0.353. The molecule has 128 valence electrons. The summed E-state index contributed by atoms with van der Waals surface area (Å²) in [4.78, 5) is 22.9. The number of benzene rings is 1. The van der Waals surface area contributed by atoms with Crippen molar-refractivity contribution < 1.29 is 9.59 Å². The molecule has 0 unspecified atom stereocenters. The van der Waals surface area contributed by atoms with Gasteiger partial charge in [0.1, 0.15) is 0 Å². The number of para-hydroxylation sites is 1. The van der Waals surface area contributed by atoms with Crippen LogP contribution in [0, 0.1) is 5.41 Å². The van der Waals surface area contributed by atoms with Crippen LogP contribution in [0.5, 0.6) is 0 Å². The molecule has 0 spiro atoms. The molecular formula is C17H23N5O2. The predicted octanol–water partition coefficient (Wildman–Crippen LogP) is 1.23. The Kier molecular flexibility index (Phi) is 5.57. The van der Waals surface area contributed by atoms with E-state index in [1.165, 1.54) is 0 Å². The molecule has 7 heteroatoms. The first-order valence-corrected chi connectivity index (χ1v) is 7.80. The third kappa shape index (κ3) is 4.84. The number of hydrogen-bond acceptors (Lipinski definition) is 3. The van der Waals surface area contributed by atoms with Crippen LogP contribution in [0.3, 0.4) is 0 Å². The second-order valence-electron chi connectivity index (χ2n) is 6.19. The van der Waals surface area contributed by atoms with Gasteiger partial charge >= 0.3 is 6.03 Å². The number of aromatic nitrogens is 2. The normalized spacial score (nSPS) is 11.1. The van der Waals surface area contributed by atoms with E-state index in [1.807, 2.05) is 42.6 Å². The molecule has 0 bridgehead atoms. The lowest BCUT2D eigenvalue weighted by atomic mass is 9.93. The molecule has 2 rings (SSSR count). The quantitative estimate of drug-likeness (QED) is 0.712. The van der Waals surface area contributed by atoms with E-state index in [9.17, 15) is 9.59 Å². The lowest BCUT2D eigenvalue weighted by molar-refractivity contribution is -0.125. The van der Waals surface area contributed by atoms with E-state index in [2.05, 4.69) is 15.7 Å². The zero-order valence-corrected chi connectivity index (χ0v) is 14.0. The van der Waals surface area contributed by atoms with Gasteiger partial charge < -0.3 is 16.4 Å². The Morgan fingerprint density at radius 2 is 1.88 bits per heavy atom. The fourth-order valence-corrected chi connectivity index (χ4v) is 1.97. The summed E-state index contributed by atoms with van der Waals surface area (Å²) >= 11 is 0. The molecule has 24 heavy (non-hydrogen) atoms. The van der Waals surface area contributed by atoms with Crippen molar-refractivity contribution in [3.05, 3.63) is 48.3 Å². The highest BCUT2D eigenvalue weighted by Crippen LogP contribution is 2.11. The smallest absolute Gasteiger partial charge is 0.314 e. The third-order valence-corrected chi connectivity index (χ3v) is 3.69. The number of nitrogens with one attached hydrogen (secondary N) is 2. The van der Waals surface area contributed by atoms with Gasteiger partial charge in [-0.05, 0) is 32.0 Å². The van der Waals surface area contributed by atoms with E-state index < -0.39 is 11.3 Å². The second-order valence-corrected chi connectivity index (χ2v) is 6.19. The van der Waals surface area contributed by atoms with Crippen LogP contribution in [0.2, 0.25) is 0 Å². The largest absolute Gasteiger partial charge is 0.369 e. The zero-order valence-electron chi connectivity index (χ0n) is 14.0. The highest BCUT2D eigenvalue weighted by molar-refractivity contribution is 5.81. The number of urea groups is 1. The number of primary amides is 1. The molecule has 0 atom stereocenters. The first kappa shape index (κ1) is 17.5. The molecule has 1 aromatic heterocycles. The Labute approximate surface area is 141 Å². The second kappa shape index (κ2) is 7.63. The molecule has 1 heterocycles. The molecule has 0 radical (unpaired) electrons. The summed E-state index contributed by atoms with van der Waals surface area (Å²) in [5, 5.41) is 9.85. The van der Waals surface area contributed by atoms with Crippen molar-refractivity contribution in [2.45, 2.75) is 20.3 Å². The first-order valence-electron chi connectivity index (χ1n) is 7.80. The molecule has 7 nitrogen and oxygen atoms in total. The highest BCUT2D eigenvalue weighted by atomic mass is 16.2. The molecular weight excluding hydrogens is 306 g/mol. The van der Waals surface area contributed by atoms with Crippen molar-refractivity contribution >= 4 is 11.9 Å². The summed E-state index contributed by atoms with van der Waals surface area (Å²) in [6.07, 6.45) is 2.51. The average molecular weight is 329 g/mol. The van der Waals surface area contributed by atoms with E-state index in [0.717, 1.165) is 11.4 Å². The van der Waals surface area contributed by atoms with Crippen LogP contribution in [-0.4, -0.2) is 34.8 Å². The van der Waals surface area contributed by atoms with Crippen LogP contribution >= 0.6 is 0 Å². The number of carbonyl (C=O) groups excluding carboxylic acids is 2. The van der Waals surface area contributed by atoms with E-state index in [-0.39, 0.29) is 12.6 Å². The first-order chi connectivity index (χ1) is 11.4. The van der Waals surface area contributed by atoms with E-state index in [0.29, 0.717) is 13.0 Å². The molecule has 0 saturated carbocycles. The highest BCUT2D eigenvalue weighted by Gasteiger charge is 2.25. The van der Waals surface area contributed by atoms with Crippen molar-refractivity contribution in [2.75, 3.05) is 13.1 Å². The maximum absolute atomic E-state index is 11.7. The van der Waals surface area contributed by atoms with Gasteiger partial charge in [-0.25, -0.2) is 9.48 Å². The number of nitrogens with zero attached hydrogens (tertiary/aromatic N) is 2. The van der Waals surface area contributed by atoms with E-state index in [1.54, 1.807) is 18.5 Å². The number of carbonyl (C=O) groups is 2. The summed E-state index contributed by atoms with van der Waals surface area (Å²) in [6.45, 7) is 4.02. The molecule has 0 saturated heterocycles. The van der Waals surface area contributed by atoms with Crippen LogP contribution in [0.15, 0.2) is 42.6 Å². The number of nitrogens with two attached hydrogens (primary N) is 1. The van der Waals surface area contributed by atoms with Crippen molar-refractivity contribution in [3.8, 4) is 5.69 Å². The van der Waals surface area contributed by atoms with Gasteiger partial charge in [0.25, 0.3) is 0 Å². The monoisotopic (exact) mass is 329 g/mol. The maximum Gasteiger partial charge on any atom is 0.314 e. The van der Waals surface area contributed by atoms with Crippen molar-refractivity contribution in [1.29, 1.82) is 0 Å². The number of hydrogen-bond donors (Lipinski definition) is 3. The Hall–Kier alpha value is -2.83. The van der Waals surface area contributed by atoms with Gasteiger partial charge in [0.15, 0.2) is 0 Å². The van der Waals surface area contributed by atoms with Gasteiger partial charge in [-0.2, -0.15) is 5.10 Å². The third-order valence-electron chi connectivity index (χ3n) is 3.69. The van der Waals surface area contributed by atoms with Crippen LogP contribution in [-0.2, 0) is 11.2 Å². The zero-order chi connectivity index (χ0) is 17.6. The van der Waals surface area contributed by atoms with Crippen molar-refractivity contribution in [1.82, 2.24) is 20.4 Å². The summed E-state index contributed by atoms with van der Waals surface area (Å²) < 4.78 is 1.80. The minimum atomic E-state index is -0.772. The molecule has 0 aliphatic carbocycles. The minimum Gasteiger partial charge on any atom is -0.369 e. The van der Waals surface area contributed by atoms with Crippen molar-refractivity contribution in [2.24, 2.45) is 11.1 Å². The Morgan fingerprint density at radius 3 is 2.54 bits per heavy atom. The standard InChI is InChI=1S/C17H23N5O2/c1-17(2,15(18)23)12-20-16(24)19-10-8-13-9-11-22(21-13)14-6-4-3-5-7-14/h3-7,9,11H,8,10,12H2,1-2H3,(H2,18,23)(H2,19,20,24). The van der Waals surface area contributed by atoms with Crippen molar-refractivity contribution in [3.63, 3.8) is 0 Å². The molecule has 1 aromatic carbocycles. The van der Waals surface area contributed by atoms with Crippen LogP contribution in [0.4, 0.5) is 4.79 Å². The number of rotatable bonds is 7. The lowest BCUT2D eigenvalue weighted by Gasteiger charge is -2.20. The molecule has 2 aromatic rings. The van der Waals surface area contributed by atoms with Gasteiger partial charge in [0.2, 0.25) is 5.91 Å². The van der Waals surface area contributed by atoms with Gasteiger partial charge in [-0.3, -0.25) is 4.79 Å². The van der Waals surface area contributed by atoms with Gasteiger partial charge in [0, 0.05) is 25.7 Å². The van der Waals surface area contributed by atoms with Gasteiger partial charge in [0.05, 0.1) is 16.8 Å².